The van der Waals surface area contributed by atoms with E-state index in [0.29, 0.717) is 6.10 Å². The highest BCUT2D eigenvalue weighted by Crippen LogP contribution is 2.38. The zero-order valence-electron chi connectivity index (χ0n) is 14.2. The van der Waals surface area contributed by atoms with Crippen molar-refractivity contribution < 1.29 is 9.53 Å². The number of methoxy groups -OCH3 is 1. The maximum atomic E-state index is 13.3. The molecule has 0 saturated carbocycles. The van der Waals surface area contributed by atoms with Crippen molar-refractivity contribution in [2.45, 2.75) is 44.6 Å². The Labute approximate surface area is 147 Å². The second-order valence-electron chi connectivity index (χ2n) is 6.71. The molecule has 24 heavy (non-hydrogen) atoms. The van der Waals surface area contributed by atoms with Gasteiger partial charge in [-0.05, 0) is 56.2 Å². The minimum atomic E-state index is 0.215. The maximum Gasteiger partial charge on any atom is 0.257 e. The lowest BCUT2D eigenvalue weighted by molar-refractivity contribution is 0.0350. The molecule has 0 radical (unpaired) electrons. The van der Waals surface area contributed by atoms with Crippen LogP contribution in [0.5, 0.6) is 0 Å². The van der Waals surface area contributed by atoms with Crippen molar-refractivity contribution in [2.75, 3.05) is 20.2 Å². The summed E-state index contributed by atoms with van der Waals surface area (Å²) in [4.78, 5) is 16.8. The summed E-state index contributed by atoms with van der Waals surface area (Å²) >= 11 is 1.81. The molecule has 0 N–H and O–H groups in total. The van der Waals surface area contributed by atoms with Gasteiger partial charge in [-0.3, -0.25) is 4.79 Å². The first-order chi connectivity index (χ1) is 11.8. The molecular weight excluding hydrogens is 320 g/mol. The molecule has 0 aromatic carbocycles. The van der Waals surface area contributed by atoms with E-state index >= 15 is 0 Å². The maximum absolute atomic E-state index is 13.3. The van der Waals surface area contributed by atoms with Gasteiger partial charge in [0.1, 0.15) is 5.00 Å². The number of fused-ring (bicyclic) bond motifs is 1. The van der Waals surface area contributed by atoms with Gasteiger partial charge in [-0.25, -0.2) is 0 Å². The molecule has 2 aliphatic rings. The van der Waals surface area contributed by atoms with E-state index in [-0.39, 0.29) is 5.91 Å². The summed E-state index contributed by atoms with van der Waals surface area (Å²) < 4.78 is 7.55. The Morgan fingerprint density at radius 1 is 1.17 bits per heavy atom. The number of hydrogen-bond acceptors (Lipinski definition) is 3. The molecule has 0 spiro atoms. The van der Waals surface area contributed by atoms with Crippen LogP contribution < -0.4 is 0 Å². The minimum absolute atomic E-state index is 0.215. The Kier molecular flexibility index (Phi) is 4.46. The molecule has 4 nitrogen and oxygen atoms in total. The fraction of sp³-hybridized carbons (Fsp3) is 0.526. The van der Waals surface area contributed by atoms with Gasteiger partial charge in [-0.1, -0.05) is 0 Å². The minimum Gasteiger partial charge on any atom is -0.381 e. The van der Waals surface area contributed by atoms with E-state index in [2.05, 4.69) is 4.57 Å². The molecular formula is C19H24N2O2S. The van der Waals surface area contributed by atoms with Gasteiger partial charge in [0.05, 0.1) is 11.7 Å². The quantitative estimate of drug-likeness (QED) is 0.851. The first-order valence-corrected chi connectivity index (χ1v) is 9.69. The summed E-state index contributed by atoms with van der Waals surface area (Å²) in [5, 5.41) is 1.10. The SMILES string of the molecule is COC1CCN(C(=O)c2c(-n3cccc3)sc3c2CCCC3)CC1. The number of aromatic nitrogens is 1. The molecule has 1 aliphatic heterocycles. The molecule has 1 amide bonds. The molecule has 4 rings (SSSR count). The van der Waals surface area contributed by atoms with Crippen molar-refractivity contribution >= 4 is 17.2 Å². The van der Waals surface area contributed by atoms with Crippen LogP contribution in [0.25, 0.3) is 5.00 Å². The van der Waals surface area contributed by atoms with Crippen LogP contribution in [0.15, 0.2) is 24.5 Å². The average Bonchev–Trinajstić information content (AvgIpc) is 3.28. The lowest BCUT2D eigenvalue weighted by Gasteiger charge is -2.31. The molecule has 0 atom stereocenters. The van der Waals surface area contributed by atoms with E-state index < -0.39 is 0 Å². The molecule has 3 heterocycles. The Hall–Kier alpha value is -1.59. The molecule has 0 bridgehead atoms. The number of ether oxygens (including phenoxy) is 1. The topological polar surface area (TPSA) is 34.5 Å². The van der Waals surface area contributed by atoms with Crippen molar-refractivity contribution in [3.63, 3.8) is 0 Å². The number of nitrogens with zero attached hydrogens (tertiary/aromatic N) is 2. The summed E-state index contributed by atoms with van der Waals surface area (Å²) in [5.41, 5.74) is 2.27. The Morgan fingerprint density at radius 2 is 1.88 bits per heavy atom. The highest BCUT2D eigenvalue weighted by atomic mass is 32.1. The lowest BCUT2D eigenvalue weighted by atomic mass is 9.94. The van der Waals surface area contributed by atoms with E-state index in [4.69, 9.17) is 4.74 Å². The van der Waals surface area contributed by atoms with Gasteiger partial charge in [0.2, 0.25) is 0 Å². The van der Waals surface area contributed by atoms with E-state index in [9.17, 15) is 4.79 Å². The predicted octanol–water partition coefficient (Wildman–Crippen LogP) is 3.67. The third-order valence-electron chi connectivity index (χ3n) is 5.27. The smallest absolute Gasteiger partial charge is 0.257 e. The number of aryl methyl sites for hydroxylation is 1. The first kappa shape index (κ1) is 15.9. The fourth-order valence-corrected chi connectivity index (χ4v) is 5.22. The fourth-order valence-electron chi connectivity index (χ4n) is 3.88. The number of thiophene rings is 1. The van der Waals surface area contributed by atoms with Crippen molar-refractivity contribution in [1.29, 1.82) is 0 Å². The number of piperidine rings is 1. The highest BCUT2D eigenvalue weighted by Gasteiger charge is 2.31. The van der Waals surface area contributed by atoms with Crippen LogP contribution in [0.1, 0.15) is 46.5 Å². The Balaban J connectivity index is 1.68. The van der Waals surface area contributed by atoms with E-state index in [1.54, 1.807) is 7.11 Å². The van der Waals surface area contributed by atoms with Crippen LogP contribution in [0.3, 0.4) is 0 Å². The first-order valence-electron chi connectivity index (χ1n) is 8.88. The summed E-state index contributed by atoms with van der Waals surface area (Å²) in [6.45, 7) is 1.60. The Morgan fingerprint density at radius 3 is 2.58 bits per heavy atom. The van der Waals surface area contributed by atoms with Gasteiger partial charge >= 0.3 is 0 Å². The number of carbonyl (C=O) groups is 1. The molecule has 0 unspecified atom stereocenters. The number of likely N-dealkylation sites (tertiary alicyclic amines) is 1. The number of carbonyl (C=O) groups excluding carboxylic acids is 1. The number of hydrogen-bond donors (Lipinski definition) is 0. The van der Waals surface area contributed by atoms with Gasteiger partial charge < -0.3 is 14.2 Å². The lowest BCUT2D eigenvalue weighted by Crippen LogP contribution is -2.41. The average molecular weight is 344 g/mol. The van der Waals surface area contributed by atoms with Crippen molar-refractivity contribution in [3.8, 4) is 5.00 Å². The van der Waals surface area contributed by atoms with Crippen LogP contribution in [-0.4, -0.2) is 41.7 Å². The summed E-state index contributed by atoms with van der Waals surface area (Å²) in [6, 6.07) is 4.05. The van der Waals surface area contributed by atoms with Crippen LogP contribution in [-0.2, 0) is 17.6 Å². The third-order valence-corrected chi connectivity index (χ3v) is 6.57. The molecule has 1 aliphatic carbocycles. The second kappa shape index (κ2) is 6.73. The van der Waals surface area contributed by atoms with Crippen molar-refractivity contribution in [1.82, 2.24) is 9.47 Å². The molecule has 1 fully saturated rings. The summed E-state index contributed by atoms with van der Waals surface area (Å²) in [5.74, 6) is 0.215. The van der Waals surface area contributed by atoms with Crippen LogP contribution in [0.2, 0.25) is 0 Å². The largest absolute Gasteiger partial charge is 0.381 e. The number of amides is 1. The molecule has 2 aromatic rings. The Bertz CT molecular complexity index is 712. The van der Waals surface area contributed by atoms with Gasteiger partial charge in [-0.2, -0.15) is 0 Å². The van der Waals surface area contributed by atoms with Crippen LogP contribution in [0, 0.1) is 0 Å². The molecule has 2 aromatic heterocycles. The summed E-state index contributed by atoms with van der Waals surface area (Å²) in [7, 11) is 1.77. The zero-order chi connectivity index (χ0) is 16.5. The van der Waals surface area contributed by atoms with Gasteiger partial charge in [-0.15, -0.1) is 11.3 Å². The van der Waals surface area contributed by atoms with Gasteiger partial charge in [0, 0.05) is 37.5 Å². The summed E-state index contributed by atoms with van der Waals surface area (Å²) in [6.07, 6.45) is 10.9. The third kappa shape index (κ3) is 2.80. The molecule has 128 valence electrons. The zero-order valence-corrected chi connectivity index (χ0v) is 15.0. The van der Waals surface area contributed by atoms with Crippen molar-refractivity contribution in [3.05, 3.63) is 40.5 Å². The number of rotatable bonds is 3. The predicted molar refractivity (Wildman–Crippen MR) is 96.2 cm³/mol. The van der Waals surface area contributed by atoms with E-state index in [1.165, 1.54) is 23.3 Å². The molecule has 5 heteroatoms. The molecule has 1 saturated heterocycles. The standard InChI is InChI=1S/C19H24N2O2S/c1-23-14-8-12-20(13-9-14)18(22)17-15-6-2-3-7-16(15)24-19(17)21-10-4-5-11-21/h4-5,10-11,14H,2-3,6-9,12-13H2,1H3. The highest BCUT2D eigenvalue weighted by molar-refractivity contribution is 7.15. The second-order valence-corrected chi connectivity index (χ2v) is 7.79. The van der Waals surface area contributed by atoms with Gasteiger partial charge in [0.25, 0.3) is 5.91 Å². The van der Waals surface area contributed by atoms with E-state index in [1.807, 2.05) is 40.8 Å². The monoisotopic (exact) mass is 344 g/mol. The normalized spacial score (nSPS) is 18.6. The van der Waals surface area contributed by atoms with Crippen molar-refractivity contribution in [2.24, 2.45) is 0 Å². The van der Waals surface area contributed by atoms with E-state index in [0.717, 1.165) is 49.3 Å². The van der Waals surface area contributed by atoms with Gasteiger partial charge in [0.15, 0.2) is 0 Å². The van der Waals surface area contributed by atoms with Crippen LogP contribution >= 0.6 is 11.3 Å². The van der Waals surface area contributed by atoms with Crippen LogP contribution in [0.4, 0.5) is 0 Å².